The van der Waals surface area contributed by atoms with Crippen LogP contribution in [-0.2, 0) is 11.2 Å². The van der Waals surface area contributed by atoms with Crippen LogP contribution < -0.4 is 10.2 Å². The van der Waals surface area contributed by atoms with Crippen molar-refractivity contribution in [2.24, 2.45) is 0 Å². The molecular formula is C20H23Cl2N3O. The average Bonchev–Trinajstić information content (AvgIpc) is 2.59. The van der Waals surface area contributed by atoms with E-state index in [0.29, 0.717) is 10.0 Å². The standard InChI is InChI=1S/C20H23Cl2N3O/c1-14-11-16(4-6-19(14)25-9-7-24(2)8-10-25)23-20(26)13-15-3-5-17(21)18(22)12-15/h3-6,11-12H,7-10,13H2,1-2H3,(H,23,26). The number of likely N-dealkylation sites (N-methyl/N-ethyl adjacent to an activating group) is 1. The largest absolute Gasteiger partial charge is 0.369 e. The summed E-state index contributed by atoms with van der Waals surface area (Å²) in [5, 5.41) is 3.91. The Morgan fingerprint density at radius 2 is 1.77 bits per heavy atom. The Morgan fingerprint density at radius 3 is 2.42 bits per heavy atom. The highest BCUT2D eigenvalue weighted by Crippen LogP contribution is 2.25. The number of carbonyl (C=O) groups is 1. The highest BCUT2D eigenvalue weighted by Gasteiger charge is 2.16. The molecule has 138 valence electrons. The van der Waals surface area contributed by atoms with Crippen LogP contribution in [0.4, 0.5) is 11.4 Å². The van der Waals surface area contributed by atoms with Crippen LogP contribution in [0.3, 0.4) is 0 Å². The summed E-state index contributed by atoms with van der Waals surface area (Å²) in [6.07, 6.45) is 0.260. The molecule has 0 spiro atoms. The first-order valence-corrected chi connectivity index (χ1v) is 9.46. The molecule has 1 aliphatic rings. The lowest BCUT2D eigenvalue weighted by molar-refractivity contribution is -0.115. The Balaban J connectivity index is 1.63. The second-order valence-corrected chi connectivity index (χ2v) is 7.58. The van der Waals surface area contributed by atoms with Gasteiger partial charge in [-0.25, -0.2) is 0 Å². The maximum absolute atomic E-state index is 12.3. The number of hydrogen-bond acceptors (Lipinski definition) is 3. The minimum atomic E-state index is -0.0739. The number of rotatable bonds is 4. The summed E-state index contributed by atoms with van der Waals surface area (Å²) >= 11 is 11.9. The lowest BCUT2D eigenvalue weighted by Gasteiger charge is -2.35. The summed E-state index contributed by atoms with van der Waals surface area (Å²) < 4.78 is 0. The normalized spacial score (nSPS) is 15.2. The minimum absolute atomic E-state index is 0.0739. The van der Waals surface area contributed by atoms with E-state index in [1.165, 1.54) is 11.3 Å². The van der Waals surface area contributed by atoms with E-state index in [9.17, 15) is 4.79 Å². The predicted molar refractivity (Wildman–Crippen MR) is 110 cm³/mol. The van der Waals surface area contributed by atoms with E-state index in [2.05, 4.69) is 35.2 Å². The summed E-state index contributed by atoms with van der Waals surface area (Å²) in [5.74, 6) is -0.0739. The molecule has 1 heterocycles. The SMILES string of the molecule is Cc1cc(NC(=O)Cc2ccc(Cl)c(Cl)c2)ccc1N1CCN(C)CC1. The number of aryl methyl sites for hydroxylation is 1. The van der Waals surface area contributed by atoms with Crippen molar-refractivity contribution in [3.8, 4) is 0 Å². The molecule has 0 unspecified atom stereocenters. The van der Waals surface area contributed by atoms with Gasteiger partial charge >= 0.3 is 0 Å². The molecule has 1 fully saturated rings. The van der Waals surface area contributed by atoms with Crippen molar-refractivity contribution in [1.29, 1.82) is 0 Å². The van der Waals surface area contributed by atoms with Crippen LogP contribution in [0.2, 0.25) is 10.0 Å². The molecule has 1 amide bonds. The van der Waals surface area contributed by atoms with Gasteiger partial charge in [0.2, 0.25) is 5.91 Å². The third kappa shape index (κ3) is 4.70. The third-order valence-corrected chi connectivity index (χ3v) is 5.41. The van der Waals surface area contributed by atoms with Crippen molar-refractivity contribution in [2.75, 3.05) is 43.4 Å². The van der Waals surface area contributed by atoms with Gasteiger partial charge in [-0.15, -0.1) is 0 Å². The molecule has 6 heteroatoms. The first-order valence-electron chi connectivity index (χ1n) is 8.70. The molecule has 0 bridgehead atoms. The first kappa shape index (κ1) is 19.0. The zero-order chi connectivity index (χ0) is 18.7. The predicted octanol–water partition coefficient (Wildman–Crippen LogP) is 4.23. The molecule has 0 atom stereocenters. The summed E-state index contributed by atoms with van der Waals surface area (Å²) in [6.45, 7) is 6.28. The number of anilines is 2. The second-order valence-electron chi connectivity index (χ2n) is 6.77. The number of amides is 1. The average molecular weight is 392 g/mol. The number of benzene rings is 2. The fourth-order valence-electron chi connectivity index (χ4n) is 3.18. The van der Waals surface area contributed by atoms with Crippen LogP contribution in [0, 0.1) is 6.92 Å². The zero-order valence-electron chi connectivity index (χ0n) is 15.1. The smallest absolute Gasteiger partial charge is 0.228 e. The highest BCUT2D eigenvalue weighted by molar-refractivity contribution is 6.42. The Morgan fingerprint density at radius 1 is 1.04 bits per heavy atom. The van der Waals surface area contributed by atoms with Crippen LogP contribution in [0.25, 0.3) is 0 Å². The van der Waals surface area contributed by atoms with Crippen LogP contribution in [0.5, 0.6) is 0 Å². The van der Waals surface area contributed by atoms with Crippen molar-refractivity contribution in [2.45, 2.75) is 13.3 Å². The van der Waals surface area contributed by atoms with E-state index in [1.54, 1.807) is 12.1 Å². The van der Waals surface area contributed by atoms with Gasteiger partial charge in [0.15, 0.2) is 0 Å². The van der Waals surface area contributed by atoms with Gasteiger partial charge < -0.3 is 15.1 Å². The van der Waals surface area contributed by atoms with E-state index in [1.807, 2.05) is 18.2 Å². The highest BCUT2D eigenvalue weighted by atomic mass is 35.5. The van der Waals surface area contributed by atoms with E-state index in [-0.39, 0.29) is 12.3 Å². The maximum Gasteiger partial charge on any atom is 0.228 e. The van der Waals surface area contributed by atoms with Gasteiger partial charge in [-0.1, -0.05) is 29.3 Å². The van der Waals surface area contributed by atoms with Gasteiger partial charge in [-0.3, -0.25) is 4.79 Å². The van der Waals surface area contributed by atoms with Gasteiger partial charge in [0.05, 0.1) is 16.5 Å². The van der Waals surface area contributed by atoms with Crippen LogP contribution in [-0.4, -0.2) is 44.0 Å². The van der Waals surface area contributed by atoms with Crippen molar-refractivity contribution < 1.29 is 4.79 Å². The molecule has 0 aromatic heterocycles. The summed E-state index contributed by atoms with van der Waals surface area (Å²) in [5.41, 5.74) is 4.05. The molecule has 26 heavy (non-hydrogen) atoms. The summed E-state index contributed by atoms with van der Waals surface area (Å²) in [4.78, 5) is 17.0. The molecule has 3 rings (SSSR count). The monoisotopic (exact) mass is 391 g/mol. The van der Waals surface area contributed by atoms with Crippen LogP contribution in [0.1, 0.15) is 11.1 Å². The molecule has 0 saturated carbocycles. The fraction of sp³-hybridized carbons (Fsp3) is 0.350. The molecular weight excluding hydrogens is 369 g/mol. The Hall–Kier alpha value is -1.75. The van der Waals surface area contributed by atoms with Gasteiger partial charge in [0.25, 0.3) is 0 Å². The number of halogens is 2. The molecule has 4 nitrogen and oxygen atoms in total. The Bertz CT molecular complexity index is 802. The first-order chi connectivity index (χ1) is 12.4. The van der Waals surface area contributed by atoms with E-state index in [0.717, 1.165) is 37.4 Å². The molecule has 2 aromatic rings. The summed E-state index contributed by atoms with van der Waals surface area (Å²) in [7, 11) is 2.15. The zero-order valence-corrected chi connectivity index (χ0v) is 16.6. The van der Waals surface area contributed by atoms with Gasteiger partial charge in [-0.2, -0.15) is 0 Å². The van der Waals surface area contributed by atoms with Gasteiger partial charge in [-0.05, 0) is 55.4 Å². The Labute approximate surface area is 164 Å². The number of nitrogens with one attached hydrogen (secondary N) is 1. The number of piperazine rings is 1. The molecule has 2 aromatic carbocycles. The maximum atomic E-state index is 12.3. The third-order valence-electron chi connectivity index (χ3n) is 4.67. The van der Waals surface area contributed by atoms with Crippen molar-refractivity contribution >= 4 is 40.5 Å². The molecule has 1 N–H and O–H groups in total. The number of carbonyl (C=O) groups excluding carboxylic acids is 1. The lowest BCUT2D eigenvalue weighted by atomic mass is 10.1. The second kappa shape index (κ2) is 8.30. The van der Waals surface area contributed by atoms with Crippen molar-refractivity contribution in [3.05, 3.63) is 57.6 Å². The van der Waals surface area contributed by atoms with Crippen molar-refractivity contribution in [1.82, 2.24) is 4.90 Å². The van der Waals surface area contributed by atoms with Crippen LogP contribution >= 0.6 is 23.2 Å². The minimum Gasteiger partial charge on any atom is -0.369 e. The van der Waals surface area contributed by atoms with Gasteiger partial charge in [0.1, 0.15) is 0 Å². The number of hydrogen-bond donors (Lipinski definition) is 1. The summed E-state index contributed by atoms with van der Waals surface area (Å²) in [6, 6.07) is 11.3. The lowest BCUT2D eigenvalue weighted by Crippen LogP contribution is -2.44. The molecule has 0 aliphatic carbocycles. The molecule has 0 radical (unpaired) electrons. The fourth-order valence-corrected chi connectivity index (χ4v) is 3.50. The van der Waals surface area contributed by atoms with E-state index < -0.39 is 0 Å². The Kier molecular flexibility index (Phi) is 6.07. The van der Waals surface area contributed by atoms with E-state index in [4.69, 9.17) is 23.2 Å². The quantitative estimate of drug-likeness (QED) is 0.846. The van der Waals surface area contributed by atoms with Crippen molar-refractivity contribution in [3.63, 3.8) is 0 Å². The van der Waals surface area contributed by atoms with E-state index >= 15 is 0 Å². The molecule has 1 aliphatic heterocycles. The molecule has 1 saturated heterocycles. The number of nitrogens with zero attached hydrogens (tertiary/aromatic N) is 2. The van der Waals surface area contributed by atoms with Gasteiger partial charge in [0, 0.05) is 37.6 Å². The van der Waals surface area contributed by atoms with Crippen LogP contribution in [0.15, 0.2) is 36.4 Å². The topological polar surface area (TPSA) is 35.6 Å².